The quantitative estimate of drug-likeness (QED) is 0.544. The minimum atomic E-state index is -0.114. The molecule has 0 fully saturated rings. The summed E-state index contributed by atoms with van der Waals surface area (Å²) in [5, 5.41) is 16.7. The third-order valence-corrected chi connectivity index (χ3v) is 6.24. The number of carbonyl (C=O) groups is 1. The maximum Gasteiger partial charge on any atom is 0.221 e. The first kappa shape index (κ1) is 18.9. The second-order valence-electron chi connectivity index (χ2n) is 6.10. The second kappa shape index (κ2) is 7.90. The van der Waals surface area contributed by atoms with E-state index in [4.69, 9.17) is 11.6 Å². The number of hydrogen-bond donors (Lipinski definition) is 2. The Morgan fingerprint density at radius 2 is 2.11 bits per heavy atom. The SMILES string of the molecule is CSc1ccc(NC(C)=O)cc1-c1nnc(Nc2ccc3c(c2Cl)C=NC3)s1. The summed E-state index contributed by atoms with van der Waals surface area (Å²) in [6, 6.07) is 9.71. The highest BCUT2D eigenvalue weighted by Crippen LogP contribution is 2.38. The normalized spacial score (nSPS) is 12.1. The van der Waals surface area contributed by atoms with Crippen LogP contribution in [0.2, 0.25) is 5.02 Å². The molecule has 1 aliphatic heterocycles. The van der Waals surface area contributed by atoms with Crippen LogP contribution in [-0.2, 0) is 11.3 Å². The zero-order valence-corrected chi connectivity index (χ0v) is 17.5. The Hall–Kier alpha value is -2.42. The van der Waals surface area contributed by atoms with E-state index in [1.165, 1.54) is 18.3 Å². The number of carbonyl (C=O) groups excluding carboxylic acids is 1. The zero-order chi connectivity index (χ0) is 19.7. The number of anilines is 3. The number of halogens is 1. The number of amides is 1. The third-order valence-electron chi connectivity index (χ3n) is 4.17. The van der Waals surface area contributed by atoms with Crippen LogP contribution in [0.1, 0.15) is 18.1 Å². The smallest absolute Gasteiger partial charge is 0.221 e. The largest absolute Gasteiger partial charge is 0.329 e. The van der Waals surface area contributed by atoms with Crippen LogP contribution >= 0.6 is 34.7 Å². The van der Waals surface area contributed by atoms with Crippen LogP contribution in [0.3, 0.4) is 0 Å². The van der Waals surface area contributed by atoms with Crippen molar-refractivity contribution in [1.29, 1.82) is 0 Å². The van der Waals surface area contributed by atoms with Crippen LogP contribution in [0, 0.1) is 0 Å². The summed E-state index contributed by atoms with van der Waals surface area (Å²) in [7, 11) is 0. The summed E-state index contributed by atoms with van der Waals surface area (Å²) >= 11 is 9.55. The van der Waals surface area contributed by atoms with E-state index >= 15 is 0 Å². The van der Waals surface area contributed by atoms with Gasteiger partial charge in [-0.05, 0) is 36.1 Å². The summed E-state index contributed by atoms with van der Waals surface area (Å²) in [6.07, 6.45) is 3.80. The predicted octanol–water partition coefficient (Wildman–Crippen LogP) is 5.21. The van der Waals surface area contributed by atoms with Gasteiger partial charge in [0.1, 0.15) is 0 Å². The van der Waals surface area contributed by atoms with E-state index in [2.05, 4.69) is 25.8 Å². The molecule has 2 heterocycles. The number of rotatable bonds is 5. The van der Waals surface area contributed by atoms with Crippen LogP contribution in [-0.4, -0.2) is 28.6 Å². The van der Waals surface area contributed by atoms with Crippen LogP contribution in [0.5, 0.6) is 0 Å². The molecule has 0 spiro atoms. The second-order valence-corrected chi connectivity index (χ2v) is 8.31. The number of aliphatic imine (C=N–C) groups is 1. The number of thioether (sulfide) groups is 1. The van der Waals surface area contributed by atoms with Gasteiger partial charge in [0.25, 0.3) is 0 Å². The van der Waals surface area contributed by atoms with Gasteiger partial charge in [0, 0.05) is 34.8 Å². The summed E-state index contributed by atoms with van der Waals surface area (Å²) in [5.74, 6) is -0.114. The van der Waals surface area contributed by atoms with Crippen LogP contribution < -0.4 is 10.6 Å². The minimum Gasteiger partial charge on any atom is -0.329 e. The Bertz CT molecular complexity index is 1100. The molecule has 9 heteroatoms. The van der Waals surface area contributed by atoms with E-state index in [1.54, 1.807) is 18.0 Å². The van der Waals surface area contributed by atoms with Crippen molar-refractivity contribution in [2.24, 2.45) is 4.99 Å². The lowest BCUT2D eigenvalue weighted by Gasteiger charge is -2.09. The minimum absolute atomic E-state index is 0.114. The summed E-state index contributed by atoms with van der Waals surface area (Å²) in [6.45, 7) is 2.15. The summed E-state index contributed by atoms with van der Waals surface area (Å²) in [5.41, 5.74) is 4.49. The van der Waals surface area contributed by atoms with Crippen molar-refractivity contribution in [3.8, 4) is 10.6 Å². The number of fused-ring (bicyclic) bond motifs is 1. The van der Waals surface area contributed by atoms with Gasteiger partial charge in [-0.1, -0.05) is 29.0 Å². The Labute approximate surface area is 175 Å². The van der Waals surface area contributed by atoms with Crippen molar-refractivity contribution in [1.82, 2.24) is 10.2 Å². The van der Waals surface area contributed by atoms with Gasteiger partial charge in [-0.3, -0.25) is 9.79 Å². The Morgan fingerprint density at radius 3 is 2.89 bits per heavy atom. The van der Waals surface area contributed by atoms with Crippen molar-refractivity contribution in [3.05, 3.63) is 46.5 Å². The molecule has 0 saturated carbocycles. The van der Waals surface area contributed by atoms with Crippen molar-refractivity contribution in [2.45, 2.75) is 18.4 Å². The van der Waals surface area contributed by atoms with Crippen LogP contribution in [0.25, 0.3) is 10.6 Å². The number of nitrogens with zero attached hydrogens (tertiary/aromatic N) is 3. The molecule has 0 unspecified atom stereocenters. The first-order chi connectivity index (χ1) is 13.5. The highest BCUT2D eigenvalue weighted by molar-refractivity contribution is 7.98. The van der Waals surface area contributed by atoms with Gasteiger partial charge in [0.2, 0.25) is 11.0 Å². The Kier molecular flexibility index (Phi) is 5.34. The van der Waals surface area contributed by atoms with Gasteiger partial charge in [-0.25, -0.2) is 0 Å². The molecule has 0 saturated heterocycles. The molecule has 28 heavy (non-hydrogen) atoms. The zero-order valence-electron chi connectivity index (χ0n) is 15.1. The molecule has 2 aromatic carbocycles. The monoisotopic (exact) mass is 429 g/mol. The van der Waals surface area contributed by atoms with E-state index in [0.717, 1.165) is 38.0 Å². The molecule has 142 valence electrons. The van der Waals surface area contributed by atoms with E-state index in [1.807, 2.05) is 36.6 Å². The fourth-order valence-corrected chi connectivity index (χ4v) is 4.61. The lowest BCUT2D eigenvalue weighted by Crippen LogP contribution is -2.05. The average molecular weight is 430 g/mol. The average Bonchev–Trinajstić information content (AvgIpc) is 3.33. The van der Waals surface area contributed by atoms with Gasteiger partial charge in [-0.2, -0.15) is 0 Å². The van der Waals surface area contributed by atoms with Crippen molar-refractivity contribution < 1.29 is 4.79 Å². The van der Waals surface area contributed by atoms with Gasteiger partial charge < -0.3 is 10.6 Å². The number of aromatic nitrogens is 2. The molecule has 4 rings (SSSR count). The lowest BCUT2D eigenvalue weighted by molar-refractivity contribution is -0.114. The standard InChI is InChI=1S/C19H16ClN5OS2/c1-10(26)22-12-4-6-16(27-2)13(7-12)18-24-25-19(28-18)23-15-5-3-11-8-21-9-14(11)17(15)20/h3-7,9H,8H2,1-2H3,(H,22,26)(H,23,25). The molecule has 3 aromatic rings. The highest BCUT2D eigenvalue weighted by Gasteiger charge is 2.16. The maximum absolute atomic E-state index is 11.4. The molecule has 1 amide bonds. The molecule has 1 aromatic heterocycles. The van der Waals surface area contributed by atoms with Crippen molar-refractivity contribution >= 4 is 63.3 Å². The third kappa shape index (κ3) is 3.76. The molecular formula is C19H16ClN5OS2. The van der Waals surface area contributed by atoms with E-state index in [9.17, 15) is 4.79 Å². The van der Waals surface area contributed by atoms with Crippen molar-refractivity contribution in [2.75, 3.05) is 16.9 Å². The maximum atomic E-state index is 11.4. The Morgan fingerprint density at radius 1 is 1.25 bits per heavy atom. The highest BCUT2D eigenvalue weighted by atomic mass is 35.5. The van der Waals surface area contributed by atoms with Gasteiger partial charge in [0.05, 0.1) is 17.3 Å². The first-order valence-electron chi connectivity index (χ1n) is 8.43. The molecule has 2 N–H and O–H groups in total. The Balaban J connectivity index is 1.63. The predicted molar refractivity (Wildman–Crippen MR) is 117 cm³/mol. The molecule has 0 bridgehead atoms. The molecule has 0 aliphatic carbocycles. The molecular weight excluding hydrogens is 414 g/mol. The van der Waals surface area contributed by atoms with E-state index in [-0.39, 0.29) is 5.91 Å². The van der Waals surface area contributed by atoms with Crippen LogP contribution in [0.4, 0.5) is 16.5 Å². The number of hydrogen-bond acceptors (Lipinski definition) is 7. The molecule has 1 aliphatic rings. The lowest BCUT2D eigenvalue weighted by atomic mass is 10.1. The van der Waals surface area contributed by atoms with Gasteiger partial charge >= 0.3 is 0 Å². The summed E-state index contributed by atoms with van der Waals surface area (Å²) < 4.78 is 0. The molecule has 6 nitrogen and oxygen atoms in total. The van der Waals surface area contributed by atoms with Crippen molar-refractivity contribution in [3.63, 3.8) is 0 Å². The fourth-order valence-electron chi connectivity index (χ4n) is 2.90. The van der Waals surface area contributed by atoms with E-state index in [0.29, 0.717) is 16.7 Å². The summed E-state index contributed by atoms with van der Waals surface area (Å²) in [4.78, 5) is 16.7. The molecule has 0 radical (unpaired) electrons. The number of benzene rings is 2. The topological polar surface area (TPSA) is 79.3 Å². The van der Waals surface area contributed by atoms with Crippen LogP contribution in [0.15, 0.2) is 40.2 Å². The fraction of sp³-hybridized carbons (Fsp3) is 0.158. The van der Waals surface area contributed by atoms with Gasteiger partial charge in [0.15, 0.2) is 5.01 Å². The molecule has 0 atom stereocenters. The number of nitrogens with one attached hydrogen (secondary N) is 2. The van der Waals surface area contributed by atoms with Gasteiger partial charge in [-0.15, -0.1) is 22.0 Å². The van der Waals surface area contributed by atoms with E-state index < -0.39 is 0 Å². The first-order valence-corrected chi connectivity index (χ1v) is 10.8.